The molecule has 1 amide bonds. The van der Waals surface area contributed by atoms with Gasteiger partial charge in [0.1, 0.15) is 17.1 Å². The number of aliphatic imine (C=N–C) groups is 1. The number of carbonyl (C=O) groups excluding carboxylic acids is 1. The van der Waals surface area contributed by atoms with E-state index in [1.165, 1.54) is 30.5 Å². The van der Waals surface area contributed by atoms with Gasteiger partial charge in [0.2, 0.25) is 11.4 Å². The number of sulfonamides is 1. The fourth-order valence-electron chi connectivity index (χ4n) is 6.95. The minimum atomic E-state index is -3.99. The molecule has 1 saturated heterocycles. The molecule has 2 aliphatic rings. The van der Waals surface area contributed by atoms with E-state index < -0.39 is 32.8 Å². The van der Waals surface area contributed by atoms with Crippen LogP contribution in [0.5, 0.6) is 0 Å². The number of aromatic carboxylic acids is 1. The van der Waals surface area contributed by atoms with Crippen molar-refractivity contribution in [2.75, 3.05) is 40.8 Å². The lowest BCUT2D eigenvalue weighted by molar-refractivity contribution is -0.112. The number of nitrogens with one attached hydrogen (secondary N) is 1. The minimum Gasteiger partial charge on any atom is -0.477 e. The lowest BCUT2D eigenvalue weighted by atomic mass is 10.1. The highest BCUT2D eigenvalue weighted by atomic mass is 32.2. The maximum absolute atomic E-state index is 15.6. The summed E-state index contributed by atoms with van der Waals surface area (Å²) in [7, 11) is -3.99. The number of aryl methyl sites for hydroxylation is 3. The highest BCUT2D eigenvalue weighted by Gasteiger charge is 2.37. The molecule has 14 nitrogen and oxygen atoms in total. The lowest BCUT2D eigenvalue weighted by Crippen LogP contribution is -2.55. The van der Waals surface area contributed by atoms with Gasteiger partial charge in [0.05, 0.1) is 34.1 Å². The maximum Gasteiger partial charge on any atom is 0.341 e. The first kappa shape index (κ1) is 36.4. The number of piperazine rings is 1. The summed E-state index contributed by atoms with van der Waals surface area (Å²) < 4.78 is 45.7. The normalized spacial score (nSPS) is 17.0. The zero-order valence-electron chi connectivity index (χ0n) is 29.9. The van der Waals surface area contributed by atoms with Crippen LogP contribution in [-0.4, -0.2) is 82.9 Å². The minimum absolute atomic E-state index is 0.00892. The molecule has 2 N–H and O–H groups in total. The first-order chi connectivity index (χ1) is 25.7. The molecule has 0 radical (unpaired) electrons. The fourth-order valence-corrected chi connectivity index (χ4v) is 7.90. The van der Waals surface area contributed by atoms with E-state index in [0.717, 1.165) is 6.07 Å². The third-order valence-corrected chi connectivity index (χ3v) is 11.0. The first-order valence-electron chi connectivity index (χ1n) is 17.3. The van der Waals surface area contributed by atoms with E-state index in [1.54, 1.807) is 35.4 Å². The Balaban J connectivity index is 1.08. The van der Waals surface area contributed by atoms with Crippen molar-refractivity contribution in [3.63, 3.8) is 0 Å². The van der Waals surface area contributed by atoms with Crippen LogP contribution in [0.1, 0.15) is 41.2 Å². The number of amides is 1. The van der Waals surface area contributed by atoms with Gasteiger partial charge >= 0.3 is 5.97 Å². The van der Waals surface area contributed by atoms with E-state index in [9.17, 15) is 27.9 Å². The van der Waals surface area contributed by atoms with Gasteiger partial charge < -0.3 is 14.6 Å². The van der Waals surface area contributed by atoms with E-state index >= 15 is 4.39 Å². The average molecular weight is 753 g/mol. The summed E-state index contributed by atoms with van der Waals surface area (Å²) in [4.78, 5) is 57.1. The molecular formula is C38H37FN8O6S. The number of hydrogen-bond donors (Lipinski definition) is 2. The van der Waals surface area contributed by atoms with Gasteiger partial charge in [-0.05, 0) is 76.2 Å². The molecule has 4 heterocycles. The Hall–Kier alpha value is -6.00. The number of anilines is 3. The fraction of sp³-hybridized carbons (Fsp3) is 0.263. The van der Waals surface area contributed by atoms with E-state index in [0.29, 0.717) is 65.7 Å². The van der Waals surface area contributed by atoms with Gasteiger partial charge in [-0.3, -0.25) is 19.4 Å². The number of aromatic nitrogens is 3. The number of halogens is 1. The zero-order chi connectivity index (χ0) is 38.5. The molecule has 2 aliphatic heterocycles. The van der Waals surface area contributed by atoms with Crippen molar-refractivity contribution in [3.05, 3.63) is 111 Å². The summed E-state index contributed by atoms with van der Waals surface area (Å²) in [6.07, 6.45) is 1.29. The molecule has 1 atom stereocenters. The second-order valence-electron chi connectivity index (χ2n) is 13.3. The highest BCUT2D eigenvalue weighted by Crippen LogP contribution is 2.33. The third kappa shape index (κ3) is 6.80. The van der Waals surface area contributed by atoms with Crippen LogP contribution in [0.15, 0.2) is 87.6 Å². The van der Waals surface area contributed by atoms with Gasteiger partial charge in [-0.15, -0.1) is 0 Å². The van der Waals surface area contributed by atoms with E-state index in [4.69, 9.17) is 0 Å². The van der Waals surface area contributed by atoms with E-state index in [-0.39, 0.29) is 40.6 Å². The van der Waals surface area contributed by atoms with Crippen LogP contribution in [0.25, 0.3) is 10.9 Å². The average Bonchev–Trinajstić information content (AvgIpc) is 3.38. The number of para-hydroxylation sites is 1. The van der Waals surface area contributed by atoms with Crippen LogP contribution in [0.2, 0.25) is 0 Å². The number of benzene rings is 3. The second kappa shape index (κ2) is 14.1. The molecule has 0 bridgehead atoms. The summed E-state index contributed by atoms with van der Waals surface area (Å²) in [5.41, 5.74) is 2.81. The SMILES string of the molecule is CCn1cc(C(=O)O)c(=O)c2cc(F)c(N3CCN(CN4C(=O)C(=Nc5ccc(S(=O)(=O)Nc6nc(C)cc(C)n6)cc5)c5ccccc54)C(C)C3)cc21. The monoisotopic (exact) mass is 752 g/mol. The number of rotatable bonds is 9. The van der Waals surface area contributed by atoms with Crippen molar-refractivity contribution in [1.82, 2.24) is 19.4 Å². The molecule has 1 unspecified atom stereocenters. The topological polar surface area (TPSA) is 170 Å². The first-order valence-corrected chi connectivity index (χ1v) is 18.8. The maximum atomic E-state index is 15.6. The molecule has 0 saturated carbocycles. The van der Waals surface area contributed by atoms with Gasteiger partial charge in [-0.1, -0.05) is 18.2 Å². The quantitative estimate of drug-likeness (QED) is 0.215. The van der Waals surface area contributed by atoms with Gasteiger partial charge in [-0.2, -0.15) is 0 Å². The predicted molar refractivity (Wildman–Crippen MR) is 203 cm³/mol. The Kier molecular flexibility index (Phi) is 9.49. The molecule has 7 rings (SSSR count). The smallest absolute Gasteiger partial charge is 0.341 e. The van der Waals surface area contributed by atoms with Gasteiger partial charge in [0, 0.05) is 60.8 Å². The number of pyridine rings is 1. The Morgan fingerprint density at radius 1 is 1.00 bits per heavy atom. The highest BCUT2D eigenvalue weighted by molar-refractivity contribution is 7.92. The summed E-state index contributed by atoms with van der Waals surface area (Å²) in [5, 5.41) is 9.50. The summed E-state index contributed by atoms with van der Waals surface area (Å²) in [6, 6.07) is 17.5. The lowest BCUT2D eigenvalue weighted by Gasteiger charge is -2.42. The summed E-state index contributed by atoms with van der Waals surface area (Å²) >= 11 is 0. The number of carboxylic acid groups (broad SMARTS) is 1. The Morgan fingerprint density at radius 2 is 1.70 bits per heavy atom. The van der Waals surface area contributed by atoms with E-state index in [1.807, 2.05) is 43.0 Å². The number of fused-ring (bicyclic) bond motifs is 2. The molecule has 5 aromatic rings. The summed E-state index contributed by atoms with van der Waals surface area (Å²) in [5.74, 6) is -2.32. The van der Waals surface area contributed by atoms with Crippen LogP contribution < -0.4 is 20.0 Å². The molecule has 1 fully saturated rings. The van der Waals surface area contributed by atoms with Gasteiger partial charge in [-0.25, -0.2) is 37.3 Å². The van der Waals surface area contributed by atoms with Crippen molar-refractivity contribution < 1.29 is 27.5 Å². The molecule has 54 heavy (non-hydrogen) atoms. The Morgan fingerprint density at radius 3 is 2.37 bits per heavy atom. The molecule has 16 heteroatoms. The standard InChI is InChI=1S/C38H37FN8O6S/c1-5-44-20-29(37(50)51)35(48)28-17-30(39)33(18-32(28)44)45-14-15-46(24(4)19-45)21-47-31-9-7-6-8-27(31)34(36(47)49)42-25-10-12-26(13-11-25)54(52,53)43-38-40-22(2)16-23(3)41-38/h6-13,16-18,20,24H,5,14-15,19,21H2,1-4H3,(H,50,51)(H,40,41,43). The van der Waals surface area contributed by atoms with Crippen LogP contribution in [0.3, 0.4) is 0 Å². The van der Waals surface area contributed by atoms with Gasteiger partial charge in [0.25, 0.3) is 15.9 Å². The number of hydrogen-bond acceptors (Lipinski definition) is 10. The molecule has 0 spiro atoms. The van der Waals surface area contributed by atoms with Crippen LogP contribution >= 0.6 is 0 Å². The zero-order valence-corrected chi connectivity index (χ0v) is 30.8. The number of carbonyl (C=O) groups is 2. The van der Waals surface area contributed by atoms with Crippen molar-refractivity contribution in [1.29, 1.82) is 0 Å². The van der Waals surface area contributed by atoms with E-state index in [2.05, 4.69) is 24.6 Å². The number of nitrogens with zero attached hydrogens (tertiary/aromatic N) is 7. The second-order valence-corrected chi connectivity index (χ2v) is 15.0. The molecule has 3 aromatic carbocycles. The Bertz CT molecular complexity index is 2520. The third-order valence-electron chi connectivity index (χ3n) is 9.64. The van der Waals surface area contributed by atoms with Crippen molar-refractivity contribution in [2.24, 2.45) is 4.99 Å². The largest absolute Gasteiger partial charge is 0.477 e. The molecule has 2 aromatic heterocycles. The van der Waals surface area contributed by atoms with Crippen LogP contribution in [0, 0.1) is 19.7 Å². The molecule has 0 aliphatic carbocycles. The molecular weight excluding hydrogens is 716 g/mol. The predicted octanol–water partition coefficient (Wildman–Crippen LogP) is 4.70. The van der Waals surface area contributed by atoms with Crippen molar-refractivity contribution in [2.45, 2.75) is 45.2 Å². The van der Waals surface area contributed by atoms with Crippen LogP contribution in [0.4, 0.5) is 27.4 Å². The van der Waals surface area contributed by atoms with Gasteiger partial charge in [0.15, 0.2) is 0 Å². The molecule has 278 valence electrons. The Labute approximate surface area is 310 Å². The number of carboxylic acids is 1. The van der Waals surface area contributed by atoms with Crippen molar-refractivity contribution >= 4 is 61.5 Å². The van der Waals surface area contributed by atoms with Crippen molar-refractivity contribution in [3.8, 4) is 0 Å². The van der Waals surface area contributed by atoms with Crippen LogP contribution in [-0.2, 0) is 21.4 Å². The summed E-state index contributed by atoms with van der Waals surface area (Å²) in [6.45, 7) is 9.29.